The van der Waals surface area contributed by atoms with Crippen LogP contribution in [0.4, 0.5) is 5.69 Å². The Morgan fingerprint density at radius 1 is 0.769 bits per heavy atom. The molecular formula is C24H38NO+. The second kappa shape index (κ2) is 10.6. The summed E-state index contributed by atoms with van der Waals surface area (Å²) in [6, 6.07) is 13.2. The van der Waals surface area contributed by atoms with Crippen molar-refractivity contribution in [3.63, 3.8) is 0 Å². The van der Waals surface area contributed by atoms with E-state index in [9.17, 15) is 0 Å². The van der Waals surface area contributed by atoms with Crippen LogP contribution in [0.5, 0.6) is 5.75 Å². The summed E-state index contributed by atoms with van der Waals surface area (Å²) < 4.78 is 7.20. The molecule has 0 bridgehead atoms. The number of ether oxygens (including phenoxy) is 1. The van der Waals surface area contributed by atoms with Gasteiger partial charge in [0.05, 0.1) is 26.2 Å². The lowest BCUT2D eigenvalue weighted by atomic mass is 10.0. The fourth-order valence-electron chi connectivity index (χ4n) is 4.14. The quantitative estimate of drug-likeness (QED) is 0.295. The highest BCUT2D eigenvalue weighted by atomic mass is 16.5. The molecule has 0 aliphatic carbocycles. The molecule has 0 aliphatic heterocycles. The fraction of sp³-hybridized carbons (Fsp3) is 0.583. The Kier molecular flexibility index (Phi) is 8.44. The molecule has 2 aromatic carbocycles. The van der Waals surface area contributed by atoms with Gasteiger partial charge in [0.2, 0.25) is 0 Å². The molecule has 0 atom stereocenters. The van der Waals surface area contributed by atoms with Gasteiger partial charge in [0.15, 0.2) is 11.4 Å². The number of benzene rings is 2. The van der Waals surface area contributed by atoms with Crippen LogP contribution in [-0.4, -0.2) is 26.2 Å². The van der Waals surface area contributed by atoms with Gasteiger partial charge in [-0.05, 0) is 57.0 Å². The normalized spacial score (nSPS) is 11.8. The fourth-order valence-corrected chi connectivity index (χ4v) is 4.14. The molecule has 2 nitrogen and oxygen atoms in total. The molecule has 0 saturated heterocycles. The summed E-state index contributed by atoms with van der Waals surface area (Å²) in [6.45, 7) is 13.3. The van der Waals surface area contributed by atoms with Crippen LogP contribution in [0.25, 0.3) is 10.8 Å². The third kappa shape index (κ3) is 4.79. The van der Waals surface area contributed by atoms with Crippen LogP contribution in [0.15, 0.2) is 36.4 Å². The second-order valence-electron chi connectivity index (χ2n) is 7.39. The van der Waals surface area contributed by atoms with Gasteiger partial charge in [-0.2, -0.15) is 0 Å². The van der Waals surface area contributed by atoms with Crippen molar-refractivity contribution in [1.82, 2.24) is 4.48 Å². The predicted molar refractivity (Wildman–Crippen MR) is 116 cm³/mol. The van der Waals surface area contributed by atoms with Gasteiger partial charge in [-0.25, -0.2) is 0 Å². The highest BCUT2D eigenvalue weighted by Gasteiger charge is 2.33. The maximum atomic E-state index is 6.15. The molecule has 0 saturated carbocycles. The molecular weight excluding hydrogens is 318 g/mol. The van der Waals surface area contributed by atoms with E-state index in [1.807, 2.05) is 0 Å². The molecule has 0 radical (unpaired) electrons. The van der Waals surface area contributed by atoms with E-state index in [2.05, 4.69) is 64.1 Å². The number of rotatable bonds is 12. The Balaban J connectivity index is 2.57. The van der Waals surface area contributed by atoms with E-state index in [4.69, 9.17) is 4.74 Å². The summed E-state index contributed by atoms with van der Waals surface area (Å²) >= 11 is 0. The summed E-state index contributed by atoms with van der Waals surface area (Å²) in [5.74, 6) is 1.08. The van der Waals surface area contributed by atoms with Gasteiger partial charge in [-0.1, -0.05) is 51.0 Å². The lowest BCUT2D eigenvalue weighted by Crippen LogP contribution is -2.51. The van der Waals surface area contributed by atoms with Gasteiger partial charge in [0.25, 0.3) is 0 Å². The first-order valence-electron chi connectivity index (χ1n) is 10.7. The smallest absolute Gasteiger partial charge is 0.183 e. The molecule has 0 aromatic heterocycles. The molecule has 2 heteroatoms. The molecule has 0 fully saturated rings. The number of hydrogen-bond acceptors (Lipinski definition) is 1. The van der Waals surface area contributed by atoms with Crippen molar-refractivity contribution >= 4 is 16.5 Å². The Morgan fingerprint density at radius 2 is 1.42 bits per heavy atom. The molecule has 26 heavy (non-hydrogen) atoms. The van der Waals surface area contributed by atoms with Crippen molar-refractivity contribution in [2.24, 2.45) is 0 Å². The lowest BCUT2D eigenvalue weighted by Gasteiger charge is -2.39. The van der Waals surface area contributed by atoms with Gasteiger partial charge >= 0.3 is 0 Å². The first-order valence-corrected chi connectivity index (χ1v) is 10.7. The van der Waals surface area contributed by atoms with Crippen LogP contribution in [0.3, 0.4) is 0 Å². The number of nitrogens with zero attached hydrogens (tertiary/aromatic N) is 1. The number of unbranched alkanes of at least 4 members (excludes halogenated alkanes) is 4. The SMILES string of the molecule is CCCCC[N+](CC)(CCCCC)c1c(OCC)ccc2ccccc12. The van der Waals surface area contributed by atoms with Gasteiger partial charge in [-0.3, -0.25) is 4.48 Å². The third-order valence-electron chi connectivity index (χ3n) is 5.62. The van der Waals surface area contributed by atoms with E-state index >= 15 is 0 Å². The summed E-state index contributed by atoms with van der Waals surface area (Å²) in [5.41, 5.74) is 1.42. The van der Waals surface area contributed by atoms with E-state index in [1.165, 1.54) is 68.1 Å². The van der Waals surface area contributed by atoms with E-state index in [-0.39, 0.29) is 0 Å². The molecule has 2 rings (SSSR count). The van der Waals surface area contributed by atoms with Crippen LogP contribution in [0.1, 0.15) is 66.2 Å². The van der Waals surface area contributed by atoms with Crippen LogP contribution < -0.4 is 9.22 Å². The van der Waals surface area contributed by atoms with Crippen LogP contribution in [-0.2, 0) is 0 Å². The van der Waals surface area contributed by atoms with Crippen molar-refractivity contribution in [2.45, 2.75) is 66.2 Å². The Labute approximate surface area is 160 Å². The highest BCUT2D eigenvalue weighted by molar-refractivity contribution is 5.96. The first kappa shape index (κ1) is 20.8. The van der Waals surface area contributed by atoms with Crippen molar-refractivity contribution in [3.8, 4) is 5.75 Å². The topological polar surface area (TPSA) is 9.23 Å². The zero-order chi connectivity index (χ0) is 18.8. The molecule has 0 N–H and O–H groups in total. The summed E-state index contributed by atoms with van der Waals surface area (Å²) in [7, 11) is 0. The number of quaternary nitrogens is 1. The maximum absolute atomic E-state index is 6.15. The molecule has 2 aromatic rings. The monoisotopic (exact) mass is 356 g/mol. The van der Waals surface area contributed by atoms with Crippen molar-refractivity contribution in [3.05, 3.63) is 36.4 Å². The van der Waals surface area contributed by atoms with Crippen molar-refractivity contribution < 1.29 is 4.74 Å². The Morgan fingerprint density at radius 3 is 2.00 bits per heavy atom. The standard InChI is InChI=1S/C24H38NO/c1-5-9-13-19-25(7-3,20-14-10-6-2)24-22-16-12-11-15-21(22)17-18-23(24)26-8-4/h11-12,15-18H,5-10,13-14,19-20H2,1-4H3/q+1. The summed E-state index contributed by atoms with van der Waals surface area (Å²) in [5, 5.41) is 2.70. The van der Waals surface area contributed by atoms with Crippen LogP contribution in [0, 0.1) is 0 Å². The Bertz CT molecular complexity index is 654. The molecule has 0 amide bonds. The molecule has 0 heterocycles. The molecule has 0 spiro atoms. The van der Waals surface area contributed by atoms with E-state index in [1.54, 1.807) is 0 Å². The van der Waals surface area contributed by atoms with Crippen LogP contribution >= 0.6 is 0 Å². The van der Waals surface area contributed by atoms with E-state index < -0.39 is 0 Å². The van der Waals surface area contributed by atoms with Crippen molar-refractivity contribution in [1.29, 1.82) is 0 Å². The Hall–Kier alpha value is -1.54. The molecule has 0 aliphatic rings. The van der Waals surface area contributed by atoms with Gasteiger partial charge in [0, 0.05) is 5.39 Å². The first-order chi connectivity index (χ1) is 12.7. The largest absolute Gasteiger partial charge is 0.488 e. The lowest BCUT2D eigenvalue weighted by molar-refractivity contribution is 0.258. The minimum atomic E-state index is 0.721. The average Bonchev–Trinajstić information content (AvgIpc) is 2.67. The molecule has 144 valence electrons. The highest BCUT2D eigenvalue weighted by Crippen LogP contribution is 2.41. The van der Waals surface area contributed by atoms with Crippen molar-refractivity contribution in [2.75, 3.05) is 26.2 Å². The zero-order valence-electron chi connectivity index (χ0n) is 17.4. The summed E-state index contributed by atoms with van der Waals surface area (Å²) in [4.78, 5) is 0. The molecule has 0 unspecified atom stereocenters. The third-order valence-corrected chi connectivity index (χ3v) is 5.62. The van der Waals surface area contributed by atoms with E-state index in [0.717, 1.165) is 23.4 Å². The number of hydrogen-bond donors (Lipinski definition) is 0. The average molecular weight is 357 g/mol. The van der Waals surface area contributed by atoms with Gasteiger partial charge in [-0.15, -0.1) is 0 Å². The van der Waals surface area contributed by atoms with Crippen LogP contribution in [0.2, 0.25) is 0 Å². The summed E-state index contributed by atoms with van der Waals surface area (Å²) in [6.07, 6.45) is 7.72. The minimum absolute atomic E-state index is 0.721. The van der Waals surface area contributed by atoms with Gasteiger partial charge in [0.1, 0.15) is 0 Å². The maximum Gasteiger partial charge on any atom is 0.183 e. The zero-order valence-corrected chi connectivity index (χ0v) is 17.4. The van der Waals surface area contributed by atoms with Gasteiger partial charge < -0.3 is 4.74 Å². The van der Waals surface area contributed by atoms with E-state index in [0.29, 0.717) is 0 Å². The predicted octanol–water partition coefficient (Wildman–Crippen LogP) is 6.95. The minimum Gasteiger partial charge on any atom is -0.488 e. The second-order valence-corrected chi connectivity index (χ2v) is 7.39. The number of fused-ring (bicyclic) bond motifs is 1.